The summed E-state index contributed by atoms with van der Waals surface area (Å²) in [6.45, 7) is 0.337. The Hall–Kier alpha value is -0.340. The summed E-state index contributed by atoms with van der Waals surface area (Å²) in [5.41, 5.74) is 0. The van der Waals surface area contributed by atoms with Gasteiger partial charge in [-0.2, -0.15) is 0 Å². The van der Waals surface area contributed by atoms with Gasteiger partial charge in [-0.3, -0.25) is 9.59 Å². The fraction of sp³-hybridized carbons (Fsp3) is 0.500. The zero-order chi connectivity index (χ0) is 24.6. The molecule has 186 valence electrons. The minimum Gasteiger partial charge on any atom is -0.503 e. The number of nitrogens with one attached hydrogen (secondary N) is 4. The van der Waals surface area contributed by atoms with Gasteiger partial charge in [0.1, 0.15) is 9.75 Å². The van der Waals surface area contributed by atoms with E-state index in [-0.39, 0.29) is 48.1 Å². The van der Waals surface area contributed by atoms with Crippen molar-refractivity contribution in [2.45, 2.75) is 12.1 Å². The Labute approximate surface area is 221 Å². The zero-order valence-electron chi connectivity index (χ0n) is 17.0. The predicted octanol–water partition coefficient (Wildman–Crippen LogP) is 1.11. The Morgan fingerprint density at radius 1 is 0.848 bits per heavy atom. The molecule has 0 fully saturated rings. The molecule has 0 radical (unpaired) electrons. The van der Waals surface area contributed by atoms with Crippen molar-refractivity contribution >= 4 is 102 Å². The lowest BCUT2D eigenvalue weighted by atomic mass is 10.3. The molecular formula is C16H24N4O6S7. The summed E-state index contributed by atoms with van der Waals surface area (Å²) in [7, 11) is 5.36. The quantitative estimate of drug-likeness (QED) is 0.0529. The molecule has 0 aromatic carbocycles. The average molecular weight is 593 g/mol. The van der Waals surface area contributed by atoms with Crippen LogP contribution in [-0.4, -0.2) is 92.9 Å². The molecule has 2 atom stereocenters. The molecule has 2 amide bonds. The minimum atomic E-state index is -0.637. The highest BCUT2D eigenvalue weighted by Gasteiger charge is 2.26. The molecule has 0 aliphatic heterocycles. The van der Waals surface area contributed by atoms with Crippen LogP contribution in [0.15, 0.2) is 0 Å². The maximum absolute atomic E-state index is 12.3. The van der Waals surface area contributed by atoms with Crippen LogP contribution in [0.4, 0.5) is 0 Å². The van der Waals surface area contributed by atoms with Gasteiger partial charge >= 0.3 is 0 Å². The Kier molecular flexibility index (Phi) is 16.7. The summed E-state index contributed by atoms with van der Waals surface area (Å²) >= 11 is 10.2. The molecule has 10 nitrogen and oxygen atoms in total. The molecule has 0 spiro atoms. The molecule has 8 N–H and O–H groups in total. The van der Waals surface area contributed by atoms with E-state index in [2.05, 4.69) is 20.1 Å². The fourth-order valence-corrected chi connectivity index (χ4v) is 6.54. The molecule has 33 heavy (non-hydrogen) atoms. The lowest BCUT2D eigenvalue weighted by Gasteiger charge is -2.09. The molecule has 0 unspecified atom stereocenters. The Bertz CT molecular complexity index is 724. The Morgan fingerprint density at radius 2 is 1.24 bits per heavy atom. The van der Waals surface area contributed by atoms with Crippen molar-refractivity contribution in [3.63, 3.8) is 0 Å². The first-order valence-electron chi connectivity index (χ1n) is 9.20. The molecule has 1 aromatic rings. The first kappa shape index (κ1) is 30.7. The lowest BCUT2D eigenvalue weighted by Crippen LogP contribution is -2.28. The number of hydrogen-bond donors (Lipinski definition) is 8. The molecule has 0 aliphatic rings. The third kappa shape index (κ3) is 11.3. The second kappa shape index (κ2) is 18.0. The van der Waals surface area contributed by atoms with Crippen LogP contribution in [0.1, 0.15) is 19.3 Å². The van der Waals surface area contributed by atoms with Crippen LogP contribution < -0.4 is 20.1 Å². The van der Waals surface area contributed by atoms with Crippen LogP contribution in [0.5, 0.6) is 11.5 Å². The number of thiophene rings is 1. The van der Waals surface area contributed by atoms with Crippen LogP contribution in [0.2, 0.25) is 0 Å². The molecule has 1 rings (SSSR count). The van der Waals surface area contributed by atoms with Crippen LogP contribution in [-0.2, 0) is 0 Å². The molecule has 1 aromatic heterocycles. The number of thiocarbonyl (C=S) groups is 2. The number of carbonyl (C=O) groups excluding carboxylic acids is 2. The third-order valence-electron chi connectivity index (χ3n) is 3.45. The van der Waals surface area contributed by atoms with Crippen molar-refractivity contribution in [3.8, 4) is 11.5 Å². The predicted molar refractivity (Wildman–Crippen MR) is 148 cm³/mol. The lowest BCUT2D eigenvalue weighted by molar-refractivity contribution is 0.0948. The molecule has 0 saturated carbocycles. The van der Waals surface area contributed by atoms with Gasteiger partial charge in [0, 0.05) is 24.6 Å². The van der Waals surface area contributed by atoms with Crippen molar-refractivity contribution < 1.29 is 30.0 Å². The van der Waals surface area contributed by atoms with E-state index in [0.29, 0.717) is 22.8 Å². The van der Waals surface area contributed by atoms with E-state index in [9.17, 15) is 19.8 Å². The molecule has 0 bridgehead atoms. The van der Waals surface area contributed by atoms with Gasteiger partial charge in [0.2, 0.25) is 0 Å². The largest absolute Gasteiger partial charge is 0.503 e. The maximum atomic E-state index is 12.3. The molecular weight excluding hydrogens is 569 g/mol. The van der Waals surface area contributed by atoms with Gasteiger partial charge in [-0.05, 0) is 32.7 Å². The fourth-order valence-electron chi connectivity index (χ4n) is 1.79. The first-order valence-corrected chi connectivity index (χ1v) is 15.6. The van der Waals surface area contributed by atoms with Crippen LogP contribution in [0.25, 0.3) is 0 Å². The van der Waals surface area contributed by atoms with Gasteiger partial charge in [0.25, 0.3) is 11.8 Å². The first-order chi connectivity index (χ1) is 15.9. The average Bonchev–Trinajstić information content (AvgIpc) is 3.12. The van der Waals surface area contributed by atoms with Gasteiger partial charge in [-0.25, -0.2) is 9.44 Å². The van der Waals surface area contributed by atoms with Crippen molar-refractivity contribution in [3.05, 3.63) is 9.75 Å². The van der Waals surface area contributed by atoms with Crippen molar-refractivity contribution in [2.75, 3.05) is 37.8 Å². The topological polar surface area (TPSA) is 163 Å². The van der Waals surface area contributed by atoms with Gasteiger partial charge in [-0.15, -0.1) is 11.3 Å². The van der Waals surface area contributed by atoms with Crippen LogP contribution >= 0.6 is 79.3 Å². The number of amides is 2. The number of carbonyl (C=O) groups is 2. The molecule has 17 heteroatoms. The number of hydrogen-bond acceptors (Lipinski definition) is 15. The number of aliphatic hydroxyl groups is 2. The van der Waals surface area contributed by atoms with Crippen molar-refractivity contribution in [1.82, 2.24) is 20.1 Å². The van der Waals surface area contributed by atoms with Crippen molar-refractivity contribution in [1.29, 1.82) is 0 Å². The van der Waals surface area contributed by atoms with Gasteiger partial charge < -0.3 is 31.1 Å². The summed E-state index contributed by atoms with van der Waals surface area (Å²) in [4.78, 5) is 24.3. The highest BCUT2D eigenvalue weighted by molar-refractivity contribution is 8.76. The Balaban J connectivity index is 2.40. The third-order valence-corrected chi connectivity index (χ3v) is 9.33. The van der Waals surface area contributed by atoms with E-state index in [1.165, 1.54) is 54.3 Å². The maximum Gasteiger partial charge on any atom is 0.265 e. The van der Waals surface area contributed by atoms with Crippen LogP contribution in [0.3, 0.4) is 0 Å². The van der Waals surface area contributed by atoms with Crippen molar-refractivity contribution in [2.24, 2.45) is 0 Å². The second-order valence-corrected chi connectivity index (χ2v) is 11.9. The smallest absolute Gasteiger partial charge is 0.265 e. The monoisotopic (exact) mass is 592 g/mol. The van der Waals surface area contributed by atoms with Gasteiger partial charge in [0.05, 0.1) is 25.3 Å². The highest BCUT2D eigenvalue weighted by atomic mass is 33.1. The summed E-state index contributed by atoms with van der Waals surface area (Å²) in [5.74, 6) is -1.43. The molecule has 0 aliphatic carbocycles. The van der Waals surface area contributed by atoms with E-state index < -0.39 is 23.3 Å². The molecule has 1 heterocycles. The SMILES string of the molecule is O=C(NCCSSN[C@@H](C=S)CO)c1sc(C(=O)NCCSSN[C@@H](C=S)CO)c(O)c1O. The minimum absolute atomic E-state index is 0.112. The number of rotatable bonds is 18. The van der Waals surface area contributed by atoms with E-state index in [1.807, 2.05) is 0 Å². The summed E-state index contributed by atoms with van der Waals surface area (Å²) in [5, 5.41) is 46.2. The summed E-state index contributed by atoms with van der Waals surface area (Å²) < 4.78 is 5.86. The van der Waals surface area contributed by atoms with E-state index in [0.717, 1.165) is 0 Å². The second-order valence-electron chi connectivity index (χ2n) is 5.87. The van der Waals surface area contributed by atoms with Gasteiger partial charge in [0.15, 0.2) is 11.5 Å². The molecule has 0 saturated heterocycles. The number of aliphatic hydroxyl groups excluding tert-OH is 2. The van der Waals surface area contributed by atoms with E-state index >= 15 is 0 Å². The zero-order valence-corrected chi connectivity index (χ0v) is 22.7. The van der Waals surface area contributed by atoms with E-state index in [4.69, 9.17) is 34.6 Å². The van der Waals surface area contributed by atoms with E-state index in [1.54, 1.807) is 0 Å². The summed E-state index contributed by atoms with van der Waals surface area (Å²) in [6.07, 6.45) is 0. The normalized spacial score (nSPS) is 12.7. The standard InChI is InChI=1S/C16H24N4O6S7/c21-5-9(7-27)19-32-29-3-1-17-15(25)13-11(23)12(24)14(31-13)16(26)18-2-4-30-33-20-10(6-22)8-28/h7-10,19-24H,1-6H2,(H,17,25)(H,18,26)/t9-,10-/m1/s1. The number of aromatic hydroxyl groups is 2. The van der Waals surface area contributed by atoms with Crippen LogP contribution in [0, 0.1) is 0 Å². The summed E-state index contributed by atoms with van der Waals surface area (Å²) in [6, 6.07) is -0.600. The Morgan fingerprint density at radius 3 is 1.58 bits per heavy atom. The van der Waals surface area contributed by atoms with Gasteiger partial charge in [-0.1, -0.05) is 46.0 Å². The highest BCUT2D eigenvalue weighted by Crippen LogP contribution is 2.40.